The highest BCUT2D eigenvalue weighted by Crippen LogP contribution is 2.11. The third-order valence-electron chi connectivity index (χ3n) is 2.57. The Bertz CT molecular complexity index is 566. The smallest absolute Gasteiger partial charge is 0.324 e. The van der Waals surface area contributed by atoms with Gasteiger partial charge in [-0.25, -0.2) is 9.78 Å². The monoisotopic (exact) mass is 256 g/mol. The molecule has 5 nitrogen and oxygen atoms in total. The number of urea groups is 1. The summed E-state index contributed by atoms with van der Waals surface area (Å²) in [5, 5.41) is 5.40. The van der Waals surface area contributed by atoms with E-state index < -0.39 is 0 Å². The average Bonchev–Trinajstić information content (AvgIpc) is 2.41. The number of anilines is 2. The molecule has 0 fully saturated rings. The molecular weight excluding hydrogens is 240 g/mol. The number of aryl methyl sites for hydroxylation is 1. The predicted molar refractivity (Wildman–Crippen MR) is 75.9 cm³/mol. The maximum Gasteiger partial charge on any atom is 0.324 e. The van der Waals surface area contributed by atoms with Gasteiger partial charge in [-0.3, -0.25) is 5.32 Å². The zero-order valence-corrected chi connectivity index (χ0v) is 10.7. The number of hydrogen-bond donors (Lipinski definition) is 3. The number of nitrogens with two attached hydrogens (primary N) is 1. The summed E-state index contributed by atoms with van der Waals surface area (Å²) in [6.45, 7) is 2.38. The number of amides is 2. The van der Waals surface area contributed by atoms with Crippen LogP contribution in [0.1, 0.15) is 11.1 Å². The number of hydrogen-bond acceptors (Lipinski definition) is 3. The lowest BCUT2D eigenvalue weighted by Crippen LogP contribution is -2.20. The first-order chi connectivity index (χ1) is 9.17. The van der Waals surface area contributed by atoms with Crippen molar-refractivity contribution >= 4 is 17.5 Å². The van der Waals surface area contributed by atoms with E-state index in [0.717, 1.165) is 11.1 Å². The van der Waals surface area contributed by atoms with Gasteiger partial charge in [-0.1, -0.05) is 18.2 Å². The fourth-order valence-corrected chi connectivity index (χ4v) is 1.60. The van der Waals surface area contributed by atoms with Gasteiger partial charge in [-0.15, -0.1) is 0 Å². The zero-order chi connectivity index (χ0) is 13.7. The fraction of sp³-hybridized carbons (Fsp3) is 0.143. The summed E-state index contributed by atoms with van der Waals surface area (Å²) >= 11 is 0. The van der Waals surface area contributed by atoms with Crippen molar-refractivity contribution in [2.75, 3.05) is 10.6 Å². The first-order valence-corrected chi connectivity index (χ1v) is 5.97. The second-order valence-corrected chi connectivity index (χ2v) is 4.20. The molecule has 0 saturated carbocycles. The van der Waals surface area contributed by atoms with Gasteiger partial charge in [0.05, 0.1) is 0 Å². The minimum absolute atomic E-state index is 0.328. The highest BCUT2D eigenvalue weighted by atomic mass is 16.2. The van der Waals surface area contributed by atoms with Crippen LogP contribution in [0.2, 0.25) is 0 Å². The van der Waals surface area contributed by atoms with E-state index in [1.165, 1.54) is 0 Å². The molecule has 1 aromatic heterocycles. The fourth-order valence-electron chi connectivity index (χ4n) is 1.60. The highest BCUT2D eigenvalue weighted by molar-refractivity contribution is 5.99. The maximum absolute atomic E-state index is 11.8. The van der Waals surface area contributed by atoms with Crippen molar-refractivity contribution in [1.29, 1.82) is 0 Å². The van der Waals surface area contributed by atoms with Crippen molar-refractivity contribution in [1.82, 2.24) is 4.98 Å². The van der Waals surface area contributed by atoms with Crippen molar-refractivity contribution in [3.8, 4) is 0 Å². The summed E-state index contributed by atoms with van der Waals surface area (Å²) in [7, 11) is 0. The summed E-state index contributed by atoms with van der Waals surface area (Å²) in [6.07, 6.45) is 1.70. The van der Waals surface area contributed by atoms with Crippen LogP contribution in [0.15, 0.2) is 42.6 Å². The van der Waals surface area contributed by atoms with Gasteiger partial charge in [-0.2, -0.15) is 0 Å². The SMILES string of the molecule is Cc1ccc(NC(=O)Nc2cccc(CN)c2)nc1. The van der Waals surface area contributed by atoms with Gasteiger partial charge in [0.1, 0.15) is 5.82 Å². The number of aromatic nitrogens is 1. The second-order valence-electron chi connectivity index (χ2n) is 4.20. The molecule has 2 rings (SSSR count). The molecule has 0 bridgehead atoms. The first kappa shape index (κ1) is 13.0. The van der Waals surface area contributed by atoms with E-state index in [9.17, 15) is 4.79 Å². The van der Waals surface area contributed by atoms with Gasteiger partial charge >= 0.3 is 6.03 Å². The maximum atomic E-state index is 11.8. The molecule has 0 saturated heterocycles. The standard InChI is InChI=1S/C14H16N4O/c1-10-5-6-13(16-9-10)18-14(19)17-12-4-2-3-11(7-12)8-15/h2-7,9H,8,15H2,1H3,(H2,16,17,18,19). The van der Waals surface area contributed by atoms with E-state index in [1.807, 2.05) is 31.2 Å². The van der Waals surface area contributed by atoms with Crippen molar-refractivity contribution in [2.24, 2.45) is 5.73 Å². The third-order valence-corrected chi connectivity index (χ3v) is 2.57. The lowest BCUT2D eigenvalue weighted by Gasteiger charge is -2.08. The van der Waals surface area contributed by atoms with Crippen LogP contribution in [0.4, 0.5) is 16.3 Å². The Hall–Kier alpha value is -2.40. The van der Waals surface area contributed by atoms with Gasteiger partial charge in [0.25, 0.3) is 0 Å². The van der Waals surface area contributed by atoms with Gasteiger partial charge in [0.15, 0.2) is 0 Å². The number of rotatable bonds is 3. The molecule has 98 valence electrons. The van der Waals surface area contributed by atoms with Gasteiger partial charge < -0.3 is 11.1 Å². The summed E-state index contributed by atoms with van der Waals surface area (Å²) in [4.78, 5) is 15.9. The summed E-state index contributed by atoms with van der Waals surface area (Å²) in [5.41, 5.74) is 8.26. The molecule has 5 heteroatoms. The zero-order valence-electron chi connectivity index (χ0n) is 10.7. The lowest BCUT2D eigenvalue weighted by molar-refractivity contribution is 0.262. The first-order valence-electron chi connectivity index (χ1n) is 5.97. The lowest BCUT2D eigenvalue weighted by atomic mass is 10.2. The molecule has 19 heavy (non-hydrogen) atoms. The molecule has 0 unspecified atom stereocenters. The normalized spacial score (nSPS) is 10.0. The average molecular weight is 256 g/mol. The molecule has 0 radical (unpaired) electrons. The Kier molecular flexibility index (Phi) is 4.10. The van der Waals surface area contributed by atoms with Crippen LogP contribution in [0.25, 0.3) is 0 Å². The molecule has 0 spiro atoms. The molecule has 0 atom stereocenters. The number of benzene rings is 1. The van der Waals surface area contributed by atoms with Crippen molar-refractivity contribution in [3.63, 3.8) is 0 Å². The Morgan fingerprint density at radius 1 is 1.26 bits per heavy atom. The number of carbonyl (C=O) groups is 1. The topological polar surface area (TPSA) is 80.0 Å². The molecule has 0 aliphatic heterocycles. The van der Waals surface area contributed by atoms with Crippen LogP contribution in [0.5, 0.6) is 0 Å². The third kappa shape index (κ3) is 3.79. The Morgan fingerprint density at radius 2 is 2.11 bits per heavy atom. The largest absolute Gasteiger partial charge is 0.326 e. The minimum atomic E-state index is -0.328. The van der Waals surface area contributed by atoms with E-state index in [-0.39, 0.29) is 6.03 Å². The van der Waals surface area contributed by atoms with E-state index in [4.69, 9.17) is 5.73 Å². The van der Waals surface area contributed by atoms with Crippen LogP contribution in [0, 0.1) is 6.92 Å². The molecule has 4 N–H and O–H groups in total. The van der Waals surface area contributed by atoms with Crippen molar-refractivity contribution in [2.45, 2.75) is 13.5 Å². The second kappa shape index (κ2) is 5.97. The van der Waals surface area contributed by atoms with Gasteiger partial charge in [0, 0.05) is 18.4 Å². The van der Waals surface area contributed by atoms with E-state index in [1.54, 1.807) is 18.3 Å². The van der Waals surface area contributed by atoms with Crippen LogP contribution in [-0.4, -0.2) is 11.0 Å². The van der Waals surface area contributed by atoms with Crippen LogP contribution in [0.3, 0.4) is 0 Å². The number of carbonyl (C=O) groups excluding carboxylic acids is 1. The Labute approximate surface area is 111 Å². The van der Waals surface area contributed by atoms with Gasteiger partial charge in [0.2, 0.25) is 0 Å². The Morgan fingerprint density at radius 3 is 2.79 bits per heavy atom. The Balaban J connectivity index is 1.99. The van der Waals surface area contributed by atoms with Crippen molar-refractivity contribution < 1.29 is 4.79 Å². The minimum Gasteiger partial charge on any atom is -0.326 e. The summed E-state index contributed by atoms with van der Waals surface area (Å²) in [5.74, 6) is 0.512. The number of pyridine rings is 1. The molecule has 0 aliphatic rings. The van der Waals surface area contributed by atoms with E-state index in [0.29, 0.717) is 18.1 Å². The van der Waals surface area contributed by atoms with Crippen LogP contribution < -0.4 is 16.4 Å². The number of nitrogens with one attached hydrogen (secondary N) is 2. The van der Waals surface area contributed by atoms with Crippen LogP contribution >= 0.6 is 0 Å². The summed E-state index contributed by atoms with van der Waals surface area (Å²) in [6, 6.07) is 10.7. The molecular formula is C14H16N4O. The molecule has 2 amide bonds. The molecule has 1 aromatic carbocycles. The summed E-state index contributed by atoms with van der Waals surface area (Å²) < 4.78 is 0. The van der Waals surface area contributed by atoms with Crippen molar-refractivity contribution in [3.05, 3.63) is 53.7 Å². The predicted octanol–water partition coefficient (Wildman–Crippen LogP) is 2.49. The molecule has 1 heterocycles. The molecule has 0 aliphatic carbocycles. The van der Waals surface area contributed by atoms with E-state index >= 15 is 0 Å². The highest BCUT2D eigenvalue weighted by Gasteiger charge is 2.03. The molecule has 2 aromatic rings. The number of nitrogens with zero attached hydrogens (tertiary/aromatic N) is 1. The van der Waals surface area contributed by atoms with E-state index in [2.05, 4.69) is 15.6 Å². The van der Waals surface area contributed by atoms with Crippen LogP contribution in [-0.2, 0) is 6.54 Å². The van der Waals surface area contributed by atoms with Gasteiger partial charge in [-0.05, 0) is 36.2 Å². The quantitative estimate of drug-likeness (QED) is 0.789.